The number of aromatic nitrogens is 2. The number of hydrogen-bond acceptors (Lipinski definition) is 4. The predicted octanol–water partition coefficient (Wildman–Crippen LogP) is 2.54. The molecule has 0 spiro atoms. The largest absolute Gasteiger partial charge is 0.494 e. The molecule has 0 unspecified atom stereocenters. The average Bonchev–Trinajstić information content (AvgIpc) is 3.17. The SMILES string of the molecule is O=C(NC[C@@H]1CC[C@H](CCOc2ccc(F)cc2)CO1)c1cn[nH]c1. The van der Waals surface area contributed by atoms with Crippen LogP contribution in [0.25, 0.3) is 0 Å². The van der Waals surface area contributed by atoms with Crippen molar-refractivity contribution in [2.24, 2.45) is 5.92 Å². The lowest BCUT2D eigenvalue weighted by atomic mass is 9.95. The lowest BCUT2D eigenvalue weighted by Crippen LogP contribution is -2.37. The summed E-state index contributed by atoms with van der Waals surface area (Å²) in [7, 11) is 0. The van der Waals surface area contributed by atoms with Crippen LogP contribution in [-0.4, -0.2) is 42.0 Å². The molecule has 0 aliphatic carbocycles. The summed E-state index contributed by atoms with van der Waals surface area (Å²) >= 11 is 0. The van der Waals surface area contributed by atoms with Crippen molar-refractivity contribution in [1.82, 2.24) is 15.5 Å². The summed E-state index contributed by atoms with van der Waals surface area (Å²) in [6, 6.07) is 6.04. The zero-order valence-corrected chi connectivity index (χ0v) is 13.9. The highest BCUT2D eigenvalue weighted by atomic mass is 19.1. The maximum absolute atomic E-state index is 12.8. The quantitative estimate of drug-likeness (QED) is 0.807. The minimum Gasteiger partial charge on any atom is -0.494 e. The van der Waals surface area contributed by atoms with Crippen LogP contribution in [-0.2, 0) is 4.74 Å². The van der Waals surface area contributed by atoms with Crippen molar-refractivity contribution < 1.29 is 18.7 Å². The van der Waals surface area contributed by atoms with E-state index in [-0.39, 0.29) is 17.8 Å². The van der Waals surface area contributed by atoms with Gasteiger partial charge >= 0.3 is 0 Å². The summed E-state index contributed by atoms with van der Waals surface area (Å²) in [5, 5.41) is 9.23. The Labute approximate surface area is 145 Å². The topological polar surface area (TPSA) is 76.2 Å². The summed E-state index contributed by atoms with van der Waals surface area (Å²) in [6.07, 6.45) is 5.95. The van der Waals surface area contributed by atoms with Gasteiger partial charge in [0.1, 0.15) is 11.6 Å². The summed E-state index contributed by atoms with van der Waals surface area (Å²) in [5.41, 5.74) is 0.520. The van der Waals surface area contributed by atoms with E-state index in [1.165, 1.54) is 18.3 Å². The van der Waals surface area contributed by atoms with Gasteiger partial charge in [0.15, 0.2) is 0 Å². The number of nitrogens with one attached hydrogen (secondary N) is 2. The molecule has 2 atom stereocenters. The number of aromatic amines is 1. The number of ether oxygens (including phenoxy) is 2. The Morgan fingerprint density at radius 3 is 2.88 bits per heavy atom. The van der Waals surface area contributed by atoms with Crippen molar-refractivity contribution in [1.29, 1.82) is 0 Å². The lowest BCUT2D eigenvalue weighted by molar-refractivity contribution is -0.0187. The van der Waals surface area contributed by atoms with Crippen molar-refractivity contribution >= 4 is 5.91 Å². The van der Waals surface area contributed by atoms with Crippen LogP contribution in [0.1, 0.15) is 29.6 Å². The van der Waals surface area contributed by atoms with Crippen molar-refractivity contribution in [2.75, 3.05) is 19.8 Å². The summed E-state index contributed by atoms with van der Waals surface area (Å²) in [6.45, 7) is 1.75. The summed E-state index contributed by atoms with van der Waals surface area (Å²) < 4.78 is 24.3. The molecule has 2 heterocycles. The van der Waals surface area contributed by atoms with Gasteiger partial charge in [-0.2, -0.15) is 5.10 Å². The normalized spacial score (nSPS) is 20.2. The standard InChI is InChI=1S/C18H22FN3O3/c19-15-2-5-16(6-3-15)24-8-7-13-1-4-17(25-12-13)11-20-18(23)14-9-21-22-10-14/h2-3,5-6,9-10,13,17H,1,4,7-8,11-12H2,(H,20,23)(H,21,22)/t13-,17+/m1/s1. The molecule has 7 heteroatoms. The molecule has 0 bridgehead atoms. The Kier molecular flexibility index (Phi) is 6.00. The van der Waals surface area contributed by atoms with Crippen LogP contribution in [0.3, 0.4) is 0 Å². The minimum atomic E-state index is -0.265. The number of benzene rings is 1. The van der Waals surface area contributed by atoms with Gasteiger partial charge in [0.25, 0.3) is 5.91 Å². The first-order valence-corrected chi connectivity index (χ1v) is 8.47. The number of amides is 1. The Bertz CT molecular complexity index is 653. The first-order chi connectivity index (χ1) is 12.2. The van der Waals surface area contributed by atoms with Gasteiger partial charge in [0, 0.05) is 19.3 Å². The smallest absolute Gasteiger partial charge is 0.254 e. The molecule has 1 amide bonds. The molecule has 0 radical (unpaired) electrons. The fraction of sp³-hybridized carbons (Fsp3) is 0.444. The van der Waals surface area contributed by atoms with Gasteiger partial charge in [0.2, 0.25) is 0 Å². The van der Waals surface area contributed by atoms with Crippen molar-refractivity contribution in [3.05, 3.63) is 48.0 Å². The number of carbonyl (C=O) groups is 1. The van der Waals surface area contributed by atoms with Crippen LogP contribution < -0.4 is 10.1 Å². The van der Waals surface area contributed by atoms with Crippen LogP contribution in [0, 0.1) is 11.7 Å². The summed E-state index contributed by atoms with van der Waals surface area (Å²) in [5.74, 6) is 0.713. The van der Waals surface area contributed by atoms with Crippen LogP contribution in [0.5, 0.6) is 5.75 Å². The van der Waals surface area contributed by atoms with Gasteiger partial charge in [-0.1, -0.05) is 0 Å². The lowest BCUT2D eigenvalue weighted by Gasteiger charge is -2.29. The number of H-pyrrole nitrogens is 1. The molecule has 6 nitrogen and oxygen atoms in total. The molecule has 1 saturated heterocycles. The van der Waals surface area contributed by atoms with Gasteiger partial charge < -0.3 is 14.8 Å². The molecule has 1 aromatic carbocycles. The third-order valence-electron chi connectivity index (χ3n) is 4.32. The van der Waals surface area contributed by atoms with E-state index in [0.29, 0.717) is 37.0 Å². The molecule has 1 aromatic heterocycles. The second kappa shape index (κ2) is 8.62. The second-order valence-corrected chi connectivity index (χ2v) is 6.19. The van der Waals surface area contributed by atoms with Crippen LogP contribution in [0.2, 0.25) is 0 Å². The van der Waals surface area contributed by atoms with Crippen LogP contribution >= 0.6 is 0 Å². The maximum atomic E-state index is 12.8. The Morgan fingerprint density at radius 1 is 1.36 bits per heavy atom. The number of rotatable bonds is 7. The van der Waals surface area contributed by atoms with Crippen molar-refractivity contribution in [2.45, 2.75) is 25.4 Å². The molecule has 2 N–H and O–H groups in total. The molecular weight excluding hydrogens is 325 g/mol. The van der Waals surface area contributed by atoms with Crippen molar-refractivity contribution in [3.63, 3.8) is 0 Å². The van der Waals surface area contributed by atoms with E-state index < -0.39 is 0 Å². The first-order valence-electron chi connectivity index (χ1n) is 8.47. The zero-order chi connectivity index (χ0) is 17.5. The highest BCUT2D eigenvalue weighted by molar-refractivity contribution is 5.93. The van der Waals surface area contributed by atoms with E-state index in [9.17, 15) is 9.18 Å². The molecule has 3 rings (SSSR count). The van der Waals surface area contributed by atoms with E-state index in [4.69, 9.17) is 9.47 Å². The number of nitrogens with zero attached hydrogens (tertiary/aromatic N) is 1. The Balaban J connectivity index is 1.30. The van der Waals surface area contributed by atoms with Crippen LogP contribution in [0.15, 0.2) is 36.7 Å². The first kappa shape index (κ1) is 17.4. The van der Waals surface area contributed by atoms with E-state index >= 15 is 0 Å². The van der Waals surface area contributed by atoms with Gasteiger partial charge in [-0.3, -0.25) is 9.89 Å². The average molecular weight is 347 g/mol. The Hall–Kier alpha value is -2.41. The third-order valence-corrected chi connectivity index (χ3v) is 4.32. The monoisotopic (exact) mass is 347 g/mol. The summed E-state index contributed by atoms with van der Waals surface area (Å²) in [4.78, 5) is 11.8. The van der Waals surface area contributed by atoms with E-state index in [2.05, 4.69) is 15.5 Å². The van der Waals surface area contributed by atoms with Crippen molar-refractivity contribution in [3.8, 4) is 5.75 Å². The molecule has 1 fully saturated rings. The highest BCUT2D eigenvalue weighted by Crippen LogP contribution is 2.22. The minimum absolute atomic E-state index is 0.0464. The molecule has 134 valence electrons. The maximum Gasteiger partial charge on any atom is 0.254 e. The van der Waals surface area contributed by atoms with Gasteiger partial charge in [-0.25, -0.2) is 4.39 Å². The van der Waals surface area contributed by atoms with E-state index in [0.717, 1.165) is 19.3 Å². The fourth-order valence-electron chi connectivity index (χ4n) is 2.81. The molecular formula is C18H22FN3O3. The predicted molar refractivity (Wildman–Crippen MR) is 89.9 cm³/mol. The molecule has 1 aliphatic heterocycles. The molecule has 2 aromatic rings. The van der Waals surface area contributed by atoms with Gasteiger partial charge in [-0.15, -0.1) is 0 Å². The number of carbonyl (C=O) groups excluding carboxylic acids is 1. The highest BCUT2D eigenvalue weighted by Gasteiger charge is 2.22. The number of hydrogen-bond donors (Lipinski definition) is 2. The molecule has 25 heavy (non-hydrogen) atoms. The molecule has 0 saturated carbocycles. The fourth-order valence-corrected chi connectivity index (χ4v) is 2.81. The van der Waals surface area contributed by atoms with Crippen LogP contribution in [0.4, 0.5) is 4.39 Å². The zero-order valence-electron chi connectivity index (χ0n) is 13.9. The third kappa shape index (κ3) is 5.29. The van der Waals surface area contributed by atoms with Gasteiger partial charge in [0.05, 0.1) is 24.5 Å². The Morgan fingerprint density at radius 2 is 2.20 bits per heavy atom. The molecule has 1 aliphatic rings. The number of halogens is 1. The van der Waals surface area contributed by atoms with Gasteiger partial charge in [-0.05, 0) is 49.4 Å². The second-order valence-electron chi connectivity index (χ2n) is 6.19. The van der Waals surface area contributed by atoms with E-state index in [1.54, 1.807) is 18.3 Å². The van der Waals surface area contributed by atoms with E-state index in [1.807, 2.05) is 0 Å².